The monoisotopic (exact) mass is 1750 g/mol. The topological polar surface area (TPSA) is 110 Å². The molecule has 0 aliphatic heterocycles. The first-order valence-electron chi connectivity index (χ1n) is 46.9. The second-order valence-electron chi connectivity index (χ2n) is 37.1. The predicted molar refractivity (Wildman–Crippen MR) is 571 cm³/mol. The Labute approximate surface area is 781 Å². The van der Waals surface area contributed by atoms with Crippen LogP contribution in [0.2, 0.25) is 0 Å². The molecule has 33 aromatic rings. The van der Waals surface area contributed by atoms with Crippen molar-refractivity contribution >= 4 is 261 Å². The largest absolute Gasteiger partial charge is 0.394 e. The zero-order valence-electron chi connectivity index (χ0n) is 73.3. The first-order valence-corrected chi connectivity index (χ1v) is 46.9. The van der Waals surface area contributed by atoms with Gasteiger partial charge in [0.15, 0.2) is 0 Å². The van der Waals surface area contributed by atoms with Crippen molar-refractivity contribution in [2.75, 3.05) is 0 Å². The van der Waals surface area contributed by atoms with E-state index in [4.69, 9.17) is 31.5 Å². The van der Waals surface area contributed by atoms with E-state index >= 15 is 0 Å². The van der Waals surface area contributed by atoms with Crippen molar-refractivity contribution in [2.45, 2.75) is 0 Å². The molecular formula is C125H65N13. The van der Waals surface area contributed by atoms with Gasteiger partial charge in [0.2, 0.25) is 5.82 Å². The number of rotatable bonds is 3. The number of aromatic nitrogens is 12. The average Bonchev–Trinajstić information content (AvgIpc) is 1.52. The Kier molecular flexibility index (Phi) is 13.8. The average molecular weight is 1750 g/mol. The van der Waals surface area contributed by atoms with Gasteiger partial charge in [-0.3, -0.25) is 14.5 Å². The van der Waals surface area contributed by atoms with Crippen LogP contribution in [0.3, 0.4) is 0 Å². The van der Waals surface area contributed by atoms with Gasteiger partial charge in [-0.1, -0.05) is 279 Å². The van der Waals surface area contributed by atoms with E-state index in [1.807, 2.05) is 30.3 Å². The van der Waals surface area contributed by atoms with Gasteiger partial charge in [-0.15, -0.1) is 16.5 Å². The minimum atomic E-state index is 0.145. The van der Waals surface area contributed by atoms with Crippen molar-refractivity contribution in [3.63, 3.8) is 0 Å². The Bertz CT molecular complexity index is 11400. The van der Waals surface area contributed by atoms with Crippen LogP contribution < -0.4 is 0 Å². The molecule has 35 rings (SSSR count). The molecule has 0 bridgehead atoms. The van der Waals surface area contributed by atoms with E-state index in [1.165, 1.54) is 223 Å². The van der Waals surface area contributed by atoms with Crippen molar-refractivity contribution in [3.8, 4) is 62.2 Å². The second-order valence-corrected chi connectivity index (χ2v) is 37.1. The van der Waals surface area contributed by atoms with Gasteiger partial charge in [-0.05, 0) is 119 Å². The lowest BCUT2D eigenvalue weighted by Crippen LogP contribution is -2.00. The molecule has 0 radical (unpaired) electrons. The first kappa shape index (κ1) is 72.6. The van der Waals surface area contributed by atoms with Crippen LogP contribution in [0.4, 0.5) is 5.95 Å². The van der Waals surface area contributed by atoms with Crippen LogP contribution in [-0.4, -0.2) is 56.8 Å². The van der Waals surface area contributed by atoms with Crippen molar-refractivity contribution in [2.24, 2.45) is 0 Å². The Balaban J connectivity index is 0.0000000928. The molecule has 0 fully saturated rings. The molecule has 0 saturated heterocycles. The highest BCUT2D eigenvalue weighted by Crippen LogP contribution is 2.57. The summed E-state index contributed by atoms with van der Waals surface area (Å²) in [6, 6.07) is 139. The van der Waals surface area contributed by atoms with Crippen LogP contribution in [0.25, 0.3) is 323 Å². The zero-order chi connectivity index (χ0) is 89.4. The lowest BCUT2D eigenvalue weighted by Gasteiger charge is -2.14. The molecule has 13 heteroatoms. The second kappa shape index (κ2) is 26.2. The van der Waals surface area contributed by atoms with Gasteiger partial charge in [0, 0.05) is 169 Å². The third-order valence-electron chi connectivity index (χ3n) is 30.6. The van der Waals surface area contributed by atoms with Crippen LogP contribution in [0.5, 0.6) is 0 Å². The Morgan fingerprint density at radius 2 is 0.514 bits per heavy atom. The van der Waals surface area contributed by atoms with E-state index in [0.717, 1.165) is 94.6 Å². The third-order valence-corrected chi connectivity index (χ3v) is 30.6. The van der Waals surface area contributed by atoms with Crippen molar-refractivity contribution < 1.29 is 0 Å². The fraction of sp³-hybridized carbons (Fsp3) is 0. The molecular weight excluding hydrogens is 1680 g/mol. The van der Waals surface area contributed by atoms with E-state index in [0.29, 0.717) is 0 Å². The highest BCUT2D eigenvalue weighted by molar-refractivity contribution is 6.42. The third kappa shape index (κ3) is 9.09. The molecule has 2 aliphatic rings. The molecule has 0 N–H and O–H groups in total. The van der Waals surface area contributed by atoms with Crippen LogP contribution in [0.15, 0.2) is 395 Å². The van der Waals surface area contributed by atoms with E-state index in [1.54, 1.807) is 12.4 Å². The van der Waals surface area contributed by atoms with Gasteiger partial charge >= 0.3 is 5.95 Å². The molecule has 0 spiro atoms. The number of hydrogen-bond acceptors (Lipinski definition) is 6. The van der Waals surface area contributed by atoms with E-state index in [2.05, 4.69) is 389 Å². The molecule has 13 nitrogen and oxygen atoms in total. The van der Waals surface area contributed by atoms with E-state index in [9.17, 15) is 0 Å². The lowest BCUT2D eigenvalue weighted by molar-refractivity contribution is 1.09. The minimum absolute atomic E-state index is 0.145. The number of fused-ring (bicyclic) bond motifs is 44. The van der Waals surface area contributed by atoms with E-state index in [-0.39, 0.29) is 5.95 Å². The Morgan fingerprint density at radius 1 is 0.196 bits per heavy atom. The summed E-state index contributed by atoms with van der Waals surface area (Å²) < 4.78 is 14.8. The van der Waals surface area contributed by atoms with Crippen LogP contribution in [-0.2, 0) is 0 Å². The molecule has 138 heavy (non-hydrogen) atoms. The smallest absolute Gasteiger partial charge is 0.374 e. The number of para-hydroxylation sites is 9. The minimum Gasteiger partial charge on any atom is -0.394 e. The maximum atomic E-state index is 7.82. The number of benzene rings is 21. The molecule has 12 aromatic heterocycles. The summed E-state index contributed by atoms with van der Waals surface area (Å²) >= 11 is 0. The molecule has 0 amide bonds. The SMILES string of the molecule is [C-]#[N+]c1nc(-n2c3cc4c5ccccc5n5c6ccccc6c(c3c3ccc6ccccc6c32)c45)c2ccccc2n1.c1ccc2c(c1)ccc1c3c4c5ccccc5n5c6ccccc6c(cc3n(-c3ccc6c7c(cccc37)-c3nc7ccccc7nc3-6)c21)c45.c1ccc2c(c1)ccc1c3c4c5ccccc5n5c6ccccc6c(cc3n(-c3ccc6c7c(cccc37)-c3nccnc3-6)c21)c45. The molecule has 0 saturated carbocycles. The summed E-state index contributed by atoms with van der Waals surface area (Å²) in [6.07, 6.45) is 3.60. The van der Waals surface area contributed by atoms with Crippen LogP contribution >= 0.6 is 0 Å². The number of hydrogen-bond donors (Lipinski definition) is 0. The fourth-order valence-corrected chi connectivity index (χ4v) is 25.4. The molecule has 630 valence electrons. The summed E-state index contributed by atoms with van der Waals surface area (Å²) in [4.78, 5) is 33.0. The van der Waals surface area contributed by atoms with Crippen LogP contribution in [0.1, 0.15) is 0 Å². The molecule has 21 aromatic carbocycles. The van der Waals surface area contributed by atoms with Gasteiger partial charge in [0.25, 0.3) is 0 Å². The predicted octanol–water partition coefficient (Wildman–Crippen LogP) is 32.1. The summed E-state index contributed by atoms with van der Waals surface area (Å²) in [6.45, 7) is 7.82. The first-order chi connectivity index (χ1) is 68.5. The highest BCUT2D eigenvalue weighted by Gasteiger charge is 2.35. The van der Waals surface area contributed by atoms with Gasteiger partial charge in [0.1, 0.15) is 5.52 Å². The quantitative estimate of drug-likeness (QED) is 0.163. The standard InChI is InChI=1S/C46H24N4.C42H22N4.C37H19N5/c1-2-11-26-25(10-1)20-21-32-41-39(24-33-27-12-3-7-18-36(27)49-37-19-8-4-13-29(37)42(41)46(33)49)50(45(26)32)38-23-22-31-40-28(38)14-9-15-30(40)43-44(31)48-35-17-6-5-16-34(35)47-43;1-2-9-24-23(8-1)16-17-30-37-35(22-31-25-10-3-5-14-32(25)45-33-15-6-4-11-27(33)38(37)42(31)45)46(41(24)30)34-19-18-29-36-26(34)12-7-13-28(36)39-40(29)44-21-20-43-39;1-38-37-39-28-15-7-4-13-24(28)36(40-37)42-31-20-27-23-12-5-8-16-29(23)41-30-17-9-6-14-25(30)33(35(27)41)32(31)26-19-18-21-10-2-3-11-22(21)34(26)42/h1-24H;1-22H;2-20H. The Hall–Kier alpha value is -19.0. The van der Waals surface area contributed by atoms with Crippen LogP contribution in [0, 0.1) is 6.57 Å². The van der Waals surface area contributed by atoms with Gasteiger partial charge in [0.05, 0.1) is 133 Å². The van der Waals surface area contributed by atoms with Crippen molar-refractivity contribution in [1.82, 2.24) is 56.8 Å². The normalized spacial score (nSPS) is 12.6. The van der Waals surface area contributed by atoms with E-state index < -0.39 is 0 Å². The molecule has 0 atom stereocenters. The summed E-state index contributed by atoms with van der Waals surface area (Å²) in [5.41, 5.74) is 31.7. The van der Waals surface area contributed by atoms with Gasteiger partial charge < -0.3 is 27.2 Å². The highest BCUT2D eigenvalue weighted by atomic mass is 15.1. The number of nitrogens with zero attached hydrogens (tertiary/aromatic N) is 13. The summed E-state index contributed by atoms with van der Waals surface area (Å²) in [5.74, 6) is 0.871. The molecule has 2 aliphatic carbocycles. The Morgan fingerprint density at radius 3 is 0.928 bits per heavy atom. The van der Waals surface area contributed by atoms with Gasteiger partial charge in [-0.2, -0.15) is 0 Å². The summed E-state index contributed by atoms with van der Waals surface area (Å²) in [5, 5.41) is 35.8. The summed E-state index contributed by atoms with van der Waals surface area (Å²) in [7, 11) is 0. The molecule has 0 unspecified atom stereocenters. The zero-order valence-corrected chi connectivity index (χ0v) is 73.3. The maximum absolute atomic E-state index is 7.82. The van der Waals surface area contributed by atoms with Crippen molar-refractivity contribution in [1.29, 1.82) is 0 Å². The lowest BCUT2D eigenvalue weighted by atomic mass is 10.0. The maximum Gasteiger partial charge on any atom is 0.374 e. The van der Waals surface area contributed by atoms with Crippen molar-refractivity contribution in [3.05, 3.63) is 406 Å². The van der Waals surface area contributed by atoms with Gasteiger partial charge in [-0.25, -0.2) is 9.97 Å². The fourth-order valence-electron chi connectivity index (χ4n) is 25.4. The molecule has 12 heterocycles.